The summed E-state index contributed by atoms with van der Waals surface area (Å²) in [4.78, 5) is 67.3. The fourth-order valence-electron chi connectivity index (χ4n) is 12.2. The third kappa shape index (κ3) is 45.2. The van der Waals surface area contributed by atoms with E-state index in [1.165, 1.54) is 97.0 Å². The predicted octanol–water partition coefficient (Wildman–Crippen LogP) is 15.3. The Balaban J connectivity index is 2.47. The van der Waals surface area contributed by atoms with E-state index in [1.54, 1.807) is 7.11 Å². The van der Waals surface area contributed by atoms with Crippen molar-refractivity contribution in [2.24, 2.45) is 0 Å². The average molecular weight is 1370 g/mol. The van der Waals surface area contributed by atoms with Crippen LogP contribution < -0.4 is 5.32 Å². The van der Waals surface area contributed by atoms with Gasteiger partial charge in [-0.05, 0) is 57.8 Å². The van der Waals surface area contributed by atoms with Gasteiger partial charge in [-0.3, -0.25) is 18.6 Å². The Morgan fingerprint density at radius 1 is 0.452 bits per heavy atom. The molecule has 0 radical (unpaired) electrons. The molecule has 2 aliphatic heterocycles. The zero-order valence-electron chi connectivity index (χ0n) is 58.9. The minimum absolute atomic E-state index is 0.0257. The standard InChI is InChI=1S/C70H135NO20P2/c1-7-11-15-19-22-25-27-28-29-30-31-33-36-40-44-48-62(73)71-63-66(84-53-50-59(82-6)47-43-38-18-14-10-4)65(91-93(78,79)80)61(56-81-5)90-69(63)87-57-60-64(74)67(83-51-45-41-37-34-26-23-20-16-12-8-2)68(70(89-60)86-54-55-88-92(75,76)77)85-52-49-58(72)46-42-39-35-32-24-21-17-13-9-3/h25,27,59-61,63-70,74H,7-24,26,28-57H2,1-6H3,(H,71,73)(H2,75,76,77)(H2,78,79,80)/b27-25+/t59-,60-,61-,63-,64-,65-,66-,67+,68-,69-,70+/m1/s1. The molecule has 0 bridgehead atoms. The zero-order valence-corrected chi connectivity index (χ0v) is 60.7. The second kappa shape index (κ2) is 57.5. The highest BCUT2D eigenvalue weighted by atomic mass is 31.2. The molecule has 0 aromatic heterocycles. The van der Waals surface area contributed by atoms with E-state index in [4.69, 9.17) is 51.7 Å². The van der Waals surface area contributed by atoms with E-state index in [0.717, 1.165) is 141 Å². The van der Waals surface area contributed by atoms with Crippen molar-refractivity contribution in [2.45, 2.75) is 365 Å². The zero-order chi connectivity index (χ0) is 68.1. The number of allylic oxidation sites excluding steroid dienone is 2. The Hall–Kier alpha value is -1.30. The van der Waals surface area contributed by atoms with Crippen LogP contribution in [-0.2, 0) is 70.4 Å². The van der Waals surface area contributed by atoms with Crippen molar-refractivity contribution >= 4 is 27.3 Å². The summed E-state index contributed by atoms with van der Waals surface area (Å²) in [5, 5.41) is 15.5. The second-order valence-electron chi connectivity index (χ2n) is 26.0. The van der Waals surface area contributed by atoms with Crippen LogP contribution in [0.2, 0.25) is 0 Å². The number of amides is 1. The minimum atomic E-state index is -5.24. The highest BCUT2D eigenvalue weighted by Gasteiger charge is 2.53. The van der Waals surface area contributed by atoms with Gasteiger partial charge in [0.15, 0.2) is 12.6 Å². The van der Waals surface area contributed by atoms with Gasteiger partial charge < -0.3 is 72.6 Å². The average Bonchev–Trinajstić information content (AvgIpc) is 0.823. The molecule has 2 rings (SSSR count). The molecule has 0 unspecified atom stereocenters. The van der Waals surface area contributed by atoms with Gasteiger partial charge >= 0.3 is 15.6 Å². The van der Waals surface area contributed by atoms with Gasteiger partial charge in [0.25, 0.3) is 0 Å². The number of unbranched alkanes of at least 4 members (excludes halogenated alkanes) is 32. The molecule has 0 aromatic carbocycles. The number of phosphoric ester groups is 2. The van der Waals surface area contributed by atoms with Crippen LogP contribution >= 0.6 is 15.6 Å². The summed E-state index contributed by atoms with van der Waals surface area (Å²) in [6.45, 7) is 7.47. The number of aliphatic hydroxyl groups is 1. The van der Waals surface area contributed by atoms with Crippen LogP contribution in [0.5, 0.6) is 0 Å². The maximum absolute atomic E-state index is 14.2. The van der Waals surface area contributed by atoms with E-state index >= 15 is 0 Å². The lowest BCUT2D eigenvalue weighted by Crippen LogP contribution is -2.67. The first-order chi connectivity index (χ1) is 45.0. The van der Waals surface area contributed by atoms with Gasteiger partial charge in [-0.2, -0.15) is 0 Å². The fraction of sp³-hybridized carbons (Fsp3) is 0.943. The van der Waals surface area contributed by atoms with Crippen molar-refractivity contribution in [1.82, 2.24) is 5.32 Å². The van der Waals surface area contributed by atoms with E-state index in [2.05, 4.69) is 45.2 Å². The number of ketones is 1. The number of ether oxygens (including phenoxy) is 9. The maximum Gasteiger partial charge on any atom is 0.470 e. The Kier molecular flexibility index (Phi) is 54.2. The lowest BCUT2D eigenvalue weighted by molar-refractivity contribution is -0.331. The molecule has 1 amide bonds. The summed E-state index contributed by atoms with van der Waals surface area (Å²) in [5.41, 5.74) is 0. The molecule has 0 spiro atoms. The molecule has 11 atom stereocenters. The number of carbonyl (C=O) groups excluding carboxylic acids is 2. The van der Waals surface area contributed by atoms with E-state index < -0.39 is 90.2 Å². The van der Waals surface area contributed by atoms with Gasteiger partial charge in [-0.1, -0.05) is 232 Å². The third-order valence-electron chi connectivity index (χ3n) is 17.7. The van der Waals surface area contributed by atoms with Crippen molar-refractivity contribution in [1.29, 1.82) is 0 Å². The molecular weight excluding hydrogens is 1240 g/mol. The Morgan fingerprint density at radius 3 is 1.47 bits per heavy atom. The van der Waals surface area contributed by atoms with Crippen LogP contribution in [0.4, 0.5) is 0 Å². The van der Waals surface area contributed by atoms with Gasteiger partial charge in [0.05, 0.1) is 39.1 Å². The van der Waals surface area contributed by atoms with E-state index in [-0.39, 0.29) is 63.7 Å². The van der Waals surface area contributed by atoms with Crippen LogP contribution in [0.15, 0.2) is 12.2 Å². The number of hydrogen-bond acceptors (Lipinski definition) is 16. The largest absolute Gasteiger partial charge is 0.470 e. The van der Waals surface area contributed by atoms with E-state index in [9.17, 15) is 43.4 Å². The normalized spacial score (nSPS) is 22.5. The third-order valence-corrected chi connectivity index (χ3v) is 18.7. The molecule has 2 fully saturated rings. The Morgan fingerprint density at radius 2 is 0.935 bits per heavy atom. The van der Waals surface area contributed by atoms with Crippen molar-refractivity contribution in [3.05, 3.63) is 12.2 Å². The van der Waals surface area contributed by atoms with Crippen LogP contribution in [0, 0.1) is 0 Å². The molecule has 550 valence electrons. The van der Waals surface area contributed by atoms with Gasteiger partial charge in [0, 0.05) is 46.7 Å². The Bertz CT molecular complexity index is 1900. The summed E-state index contributed by atoms with van der Waals surface area (Å²) in [6, 6.07) is -1.24. The summed E-state index contributed by atoms with van der Waals surface area (Å²) >= 11 is 0. The number of phosphoric acid groups is 2. The van der Waals surface area contributed by atoms with E-state index in [0.29, 0.717) is 25.7 Å². The molecule has 21 nitrogen and oxygen atoms in total. The van der Waals surface area contributed by atoms with Gasteiger partial charge in [0.1, 0.15) is 54.6 Å². The summed E-state index contributed by atoms with van der Waals surface area (Å²) in [5.74, 6) is -0.348. The molecule has 93 heavy (non-hydrogen) atoms. The molecule has 0 aromatic rings. The van der Waals surface area contributed by atoms with Crippen molar-refractivity contribution < 1.29 is 95.1 Å². The lowest BCUT2D eigenvalue weighted by Gasteiger charge is -2.47. The molecular formula is C70H135NO20P2. The molecule has 2 heterocycles. The molecule has 2 aliphatic rings. The van der Waals surface area contributed by atoms with Crippen LogP contribution in [0.3, 0.4) is 0 Å². The van der Waals surface area contributed by atoms with Gasteiger partial charge in [-0.25, -0.2) is 9.13 Å². The molecule has 0 saturated carbocycles. The quantitative estimate of drug-likeness (QED) is 0.0187. The first kappa shape index (κ1) is 87.8. The van der Waals surface area contributed by atoms with Gasteiger partial charge in [0.2, 0.25) is 5.91 Å². The minimum Gasteiger partial charge on any atom is -0.387 e. The number of rotatable bonds is 65. The van der Waals surface area contributed by atoms with Crippen LogP contribution in [0.25, 0.3) is 0 Å². The molecule has 0 aliphatic carbocycles. The highest BCUT2D eigenvalue weighted by Crippen LogP contribution is 2.43. The van der Waals surface area contributed by atoms with Crippen molar-refractivity contribution in [3.63, 3.8) is 0 Å². The monoisotopic (exact) mass is 1370 g/mol. The summed E-state index contributed by atoms with van der Waals surface area (Å²) in [6.07, 6.45) is 35.0. The number of aliphatic hydroxyl groups excluding tert-OH is 1. The number of carbonyl (C=O) groups is 2. The number of methoxy groups -OCH3 is 2. The molecule has 23 heteroatoms. The topological polar surface area (TPSA) is 283 Å². The summed E-state index contributed by atoms with van der Waals surface area (Å²) in [7, 11) is -7.09. The SMILES string of the molecule is CCCCCC/C=C/CCCCCCCCCC(=O)N[C@H]1[C@H](OC[C@H]2O[C@H](OCCOP(=O)(O)O)[C@H](OCCC(=O)CCCCCCCCCCC)[C@@H](OCCCCCCCCCCCC)[C@@H]2O)O[C@H](COC)[C@@H](OP(=O)(O)O)[C@@H]1OCC[C@@H](CCCCCCC)OC. The second-order valence-corrected chi connectivity index (χ2v) is 28.4. The van der Waals surface area contributed by atoms with E-state index in [1.807, 2.05) is 0 Å². The lowest BCUT2D eigenvalue weighted by atomic mass is 9.95. The molecule has 6 N–H and O–H groups in total. The smallest absolute Gasteiger partial charge is 0.387 e. The summed E-state index contributed by atoms with van der Waals surface area (Å²) < 4.78 is 91.5. The molecule has 2 saturated heterocycles. The highest BCUT2D eigenvalue weighted by molar-refractivity contribution is 7.46. The fourth-order valence-corrected chi connectivity index (χ4v) is 13.1. The Labute approximate surface area is 562 Å². The first-order valence-corrected chi connectivity index (χ1v) is 40.1. The maximum atomic E-state index is 14.2. The van der Waals surface area contributed by atoms with Crippen LogP contribution in [0.1, 0.15) is 297 Å². The number of hydrogen-bond donors (Lipinski definition) is 6. The number of Topliss-reactive ketones (excluding diaryl/α,β-unsaturated/α-hetero) is 1. The van der Waals surface area contributed by atoms with Crippen molar-refractivity contribution in [3.8, 4) is 0 Å². The van der Waals surface area contributed by atoms with Gasteiger partial charge in [-0.15, -0.1) is 0 Å². The first-order valence-electron chi connectivity index (χ1n) is 37.0. The van der Waals surface area contributed by atoms with Crippen LogP contribution in [-0.4, -0.2) is 164 Å². The predicted molar refractivity (Wildman–Crippen MR) is 365 cm³/mol. The van der Waals surface area contributed by atoms with Crippen molar-refractivity contribution in [2.75, 3.05) is 60.5 Å². The number of nitrogens with one attached hydrogen (secondary N) is 1.